The molecule has 0 fully saturated rings. The van der Waals surface area contributed by atoms with Crippen molar-refractivity contribution in [1.82, 2.24) is 4.57 Å². The number of hydrogen-bond acceptors (Lipinski definition) is 0. The van der Waals surface area contributed by atoms with Crippen molar-refractivity contribution in [3.63, 3.8) is 0 Å². The van der Waals surface area contributed by atoms with Gasteiger partial charge in [0, 0.05) is 27.3 Å². The first kappa shape index (κ1) is 25.6. The van der Waals surface area contributed by atoms with Crippen molar-refractivity contribution in [2.45, 2.75) is 26.3 Å². The maximum absolute atomic E-state index is 2.47. The molecule has 43 heavy (non-hydrogen) atoms. The van der Waals surface area contributed by atoms with Crippen LogP contribution in [0.5, 0.6) is 0 Å². The standard InChI is InChI=1S/C42H33N/c1-42(2,3)43-38-20-12-11-15-32(38)37-27-31(25-26-39(37)43)28-21-23-30(24-22-28)41-35-18-9-7-16-33(35)40(29-13-5-4-6-14-29)34-17-8-10-19-36(34)41/h4-27H,1-3H3. The molecule has 8 aromatic rings. The lowest BCUT2D eigenvalue weighted by atomic mass is 9.86. The van der Waals surface area contributed by atoms with Crippen molar-refractivity contribution >= 4 is 43.4 Å². The Kier molecular flexibility index (Phi) is 5.77. The Bertz CT molecular complexity index is 2240. The van der Waals surface area contributed by atoms with Gasteiger partial charge in [0.25, 0.3) is 0 Å². The minimum Gasteiger partial charge on any atom is -0.335 e. The average Bonchev–Trinajstić information content (AvgIpc) is 3.38. The molecule has 0 aliphatic heterocycles. The van der Waals surface area contributed by atoms with E-state index in [2.05, 4.69) is 171 Å². The van der Waals surface area contributed by atoms with Crippen LogP contribution in [0.4, 0.5) is 0 Å². The van der Waals surface area contributed by atoms with Gasteiger partial charge in [0.2, 0.25) is 0 Å². The molecule has 1 heterocycles. The third-order valence-electron chi connectivity index (χ3n) is 8.84. The van der Waals surface area contributed by atoms with Crippen LogP contribution in [0.1, 0.15) is 20.8 Å². The highest BCUT2D eigenvalue weighted by molar-refractivity contribution is 6.21. The molecule has 0 unspecified atom stereocenters. The van der Waals surface area contributed by atoms with Gasteiger partial charge in [0.05, 0.1) is 0 Å². The van der Waals surface area contributed by atoms with Gasteiger partial charge >= 0.3 is 0 Å². The Labute approximate surface area is 252 Å². The van der Waals surface area contributed by atoms with E-state index in [0.717, 1.165) is 0 Å². The summed E-state index contributed by atoms with van der Waals surface area (Å²) < 4.78 is 2.47. The molecule has 8 rings (SSSR count). The molecule has 1 nitrogen and oxygen atoms in total. The predicted molar refractivity (Wildman–Crippen MR) is 186 cm³/mol. The van der Waals surface area contributed by atoms with Crippen LogP contribution in [0.15, 0.2) is 146 Å². The molecule has 0 saturated carbocycles. The van der Waals surface area contributed by atoms with Gasteiger partial charge in [-0.2, -0.15) is 0 Å². The van der Waals surface area contributed by atoms with Gasteiger partial charge in [-0.05, 0) is 93.9 Å². The van der Waals surface area contributed by atoms with Crippen LogP contribution in [-0.2, 0) is 5.54 Å². The monoisotopic (exact) mass is 551 g/mol. The average molecular weight is 552 g/mol. The fourth-order valence-electron chi connectivity index (χ4n) is 7.06. The van der Waals surface area contributed by atoms with Crippen molar-refractivity contribution in [2.75, 3.05) is 0 Å². The Morgan fingerprint density at radius 2 is 0.767 bits per heavy atom. The van der Waals surface area contributed by atoms with Crippen LogP contribution < -0.4 is 0 Å². The number of aromatic nitrogens is 1. The summed E-state index contributed by atoms with van der Waals surface area (Å²) in [6, 6.07) is 53.4. The number of rotatable bonds is 3. The molecule has 0 spiro atoms. The second-order valence-electron chi connectivity index (χ2n) is 12.5. The molecule has 0 saturated heterocycles. The fourth-order valence-corrected chi connectivity index (χ4v) is 7.06. The second kappa shape index (κ2) is 9.71. The summed E-state index contributed by atoms with van der Waals surface area (Å²) in [6.45, 7) is 6.85. The van der Waals surface area contributed by atoms with E-state index in [4.69, 9.17) is 0 Å². The van der Waals surface area contributed by atoms with E-state index in [-0.39, 0.29) is 5.54 Å². The molecule has 0 amide bonds. The molecule has 0 N–H and O–H groups in total. The van der Waals surface area contributed by atoms with E-state index in [9.17, 15) is 0 Å². The summed E-state index contributed by atoms with van der Waals surface area (Å²) in [5, 5.41) is 7.75. The van der Waals surface area contributed by atoms with Gasteiger partial charge in [-0.1, -0.05) is 127 Å². The van der Waals surface area contributed by atoms with E-state index in [0.29, 0.717) is 0 Å². The van der Waals surface area contributed by atoms with Gasteiger partial charge in [0.1, 0.15) is 0 Å². The van der Waals surface area contributed by atoms with Crippen LogP contribution >= 0.6 is 0 Å². The molecule has 0 atom stereocenters. The molecule has 206 valence electrons. The molecule has 0 radical (unpaired) electrons. The van der Waals surface area contributed by atoms with Crippen LogP contribution in [0.2, 0.25) is 0 Å². The Hall–Kier alpha value is -5.14. The van der Waals surface area contributed by atoms with E-state index in [1.54, 1.807) is 0 Å². The molecular weight excluding hydrogens is 518 g/mol. The van der Waals surface area contributed by atoms with Crippen molar-refractivity contribution in [2.24, 2.45) is 0 Å². The first-order chi connectivity index (χ1) is 21.0. The Morgan fingerprint density at radius 1 is 0.349 bits per heavy atom. The highest BCUT2D eigenvalue weighted by Gasteiger charge is 2.21. The van der Waals surface area contributed by atoms with Crippen molar-refractivity contribution < 1.29 is 0 Å². The number of para-hydroxylation sites is 1. The van der Waals surface area contributed by atoms with E-state index >= 15 is 0 Å². The SMILES string of the molecule is CC(C)(C)n1c2ccccc2c2cc(-c3ccc(-c4c5ccccc5c(-c5ccccc5)c5ccccc45)cc3)ccc21. The number of benzene rings is 7. The summed E-state index contributed by atoms with van der Waals surface area (Å²) in [4.78, 5) is 0. The topological polar surface area (TPSA) is 4.93 Å². The fraction of sp³-hybridized carbons (Fsp3) is 0.0952. The normalized spacial score (nSPS) is 12.1. The van der Waals surface area contributed by atoms with Crippen molar-refractivity contribution in [3.05, 3.63) is 146 Å². The summed E-state index contributed by atoms with van der Waals surface area (Å²) in [6.07, 6.45) is 0. The maximum Gasteiger partial charge on any atom is 0.0496 e. The molecular formula is C42H33N. The quantitative estimate of drug-likeness (QED) is 0.192. The summed E-state index contributed by atoms with van der Waals surface area (Å²) in [5.74, 6) is 0. The van der Waals surface area contributed by atoms with E-state index in [1.165, 1.54) is 76.7 Å². The lowest BCUT2D eigenvalue weighted by Gasteiger charge is -2.24. The smallest absolute Gasteiger partial charge is 0.0496 e. The number of fused-ring (bicyclic) bond motifs is 5. The van der Waals surface area contributed by atoms with Crippen LogP contribution in [-0.4, -0.2) is 4.57 Å². The maximum atomic E-state index is 2.47. The lowest BCUT2D eigenvalue weighted by molar-refractivity contribution is 0.423. The largest absolute Gasteiger partial charge is 0.335 e. The Morgan fingerprint density at radius 3 is 1.33 bits per heavy atom. The van der Waals surface area contributed by atoms with Gasteiger partial charge < -0.3 is 4.57 Å². The third-order valence-corrected chi connectivity index (χ3v) is 8.84. The van der Waals surface area contributed by atoms with Crippen LogP contribution in [0.3, 0.4) is 0 Å². The molecule has 0 aliphatic rings. The minimum absolute atomic E-state index is 0.00781. The zero-order valence-electron chi connectivity index (χ0n) is 24.8. The third kappa shape index (κ3) is 4.07. The minimum atomic E-state index is -0.00781. The summed E-state index contributed by atoms with van der Waals surface area (Å²) in [5.41, 5.74) is 10.1. The van der Waals surface area contributed by atoms with Gasteiger partial charge in [0.15, 0.2) is 0 Å². The summed E-state index contributed by atoms with van der Waals surface area (Å²) in [7, 11) is 0. The first-order valence-corrected chi connectivity index (χ1v) is 15.1. The summed E-state index contributed by atoms with van der Waals surface area (Å²) >= 11 is 0. The molecule has 7 aromatic carbocycles. The lowest BCUT2D eigenvalue weighted by Crippen LogP contribution is -2.21. The molecule has 0 aliphatic carbocycles. The van der Waals surface area contributed by atoms with Crippen LogP contribution in [0.25, 0.3) is 76.7 Å². The molecule has 1 aromatic heterocycles. The zero-order chi connectivity index (χ0) is 29.1. The molecule has 1 heteroatoms. The number of hydrogen-bond donors (Lipinski definition) is 0. The van der Waals surface area contributed by atoms with Crippen LogP contribution in [0, 0.1) is 0 Å². The zero-order valence-corrected chi connectivity index (χ0v) is 24.8. The van der Waals surface area contributed by atoms with E-state index < -0.39 is 0 Å². The number of nitrogens with zero attached hydrogens (tertiary/aromatic N) is 1. The van der Waals surface area contributed by atoms with E-state index in [1.807, 2.05) is 0 Å². The van der Waals surface area contributed by atoms with Crippen molar-refractivity contribution in [1.29, 1.82) is 0 Å². The molecule has 0 bridgehead atoms. The Balaban J connectivity index is 1.30. The highest BCUT2D eigenvalue weighted by Crippen LogP contribution is 2.44. The van der Waals surface area contributed by atoms with Gasteiger partial charge in [-0.25, -0.2) is 0 Å². The predicted octanol–water partition coefficient (Wildman–Crippen LogP) is 11.9. The van der Waals surface area contributed by atoms with Crippen molar-refractivity contribution in [3.8, 4) is 33.4 Å². The first-order valence-electron chi connectivity index (χ1n) is 15.1. The second-order valence-corrected chi connectivity index (χ2v) is 12.5. The highest BCUT2D eigenvalue weighted by atomic mass is 15.0. The van der Waals surface area contributed by atoms with Gasteiger partial charge in [-0.3, -0.25) is 0 Å². The van der Waals surface area contributed by atoms with Gasteiger partial charge in [-0.15, -0.1) is 0 Å².